The van der Waals surface area contributed by atoms with Crippen LogP contribution in [0.2, 0.25) is 0 Å². The first-order valence-corrected chi connectivity index (χ1v) is 8.13. The zero-order valence-electron chi connectivity index (χ0n) is 11.9. The van der Waals surface area contributed by atoms with Gasteiger partial charge in [0.1, 0.15) is 0 Å². The average Bonchev–Trinajstić information content (AvgIpc) is 2.88. The van der Waals surface area contributed by atoms with E-state index in [1.807, 2.05) is 0 Å². The van der Waals surface area contributed by atoms with E-state index in [1.54, 1.807) is 32.2 Å². The summed E-state index contributed by atoms with van der Waals surface area (Å²) in [5, 5.41) is 9.26. The molecule has 0 aliphatic carbocycles. The van der Waals surface area contributed by atoms with Crippen molar-refractivity contribution in [2.75, 3.05) is 26.8 Å². The standard InChI is InChI=1S/C14H21NO4S/c1-11-13(9-16)4-3-5-14(11)20(17,18)15-7-6-12(8-15)10-19-2/h3-5,12,16H,6-10H2,1-2H3. The number of aliphatic hydroxyl groups excluding tert-OH is 1. The number of hydrogen-bond donors (Lipinski definition) is 1. The van der Waals surface area contributed by atoms with Crippen LogP contribution in [0.3, 0.4) is 0 Å². The molecule has 1 aliphatic rings. The monoisotopic (exact) mass is 299 g/mol. The van der Waals surface area contributed by atoms with E-state index in [1.165, 1.54) is 4.31 Å². The zero-order chi connectivity index (χ0) is 14.8. The fourth-order valence-corrected chi connectivity index (χ4v) is 4.44. The van der Waals surface area contributed by atoms with Gasteiger partial charge in [-0.2, -0.15) is 4.31 Å². The number of sulfonamides is 1. The number of nitrogens with zero attached hydrogens (tertiary/aromatic N) is 1. The van der Waals surface area contributed by atoms with E-state index in [4.69, 9.17) is 4.74 Å². The molecule has 0 aromatic heterocycles. The van der Waals surface area contributed by atoms with Gasteiger partial charge in [0, 0.05) is 20.2 Å². The number of ether oxygens (including phenoxy) is 1. The van der Waals surface area contributed by atoms with Crippen molar-refractivity contribution in [3.8, 4) is 0 Å². The third-order valence-electron chi connectivity index (χ3n) is 3.84. The second kappa shape index (κ2) is 6.22. The molecular formula is C14H21NO4S. The number of aliphatic hydroxyl groups is 1. The third kappa shape index (κ3) is 2.88. The summed E-state index contributed by atoms with van der Waals surface area (Å²) in [5.74, 6) is 0.260. The molecule has 1 fully saturated rings. The van der Waals surface area contributed by atoms with E-state index >= 15 is 0 Å². The summed E-state index contributed by atoms with van der Waals surface area (Å²) in [7, 11) is -1.86. The van der Waals surface area contributed by atoms with Gasteiger partial charge in [-0.1, -0.05) is 12.1 Å². The molecule has 0 saturated carbocycles. The van der Waals surface area contributed by atoms with Gasteiger partial charge in [-0.15, -0.1) is 0 Å². The van der Waals surface area contributed by atoms with Crippen molar-refractivity contribution in [2.24, 2.45) is 5.92 Å². The summed E-state index contributed by atoms with van der Waals surface area (Å²) < 4.78 is 32.0. The summed E-state index contributed by atoms with van der Waals surface area (Å²) in [5.41, 5.74) is 1.28. The minimum absolute atomic E-state index is 0.151. The van der Waals surface area contributed by atoms with Crippen molar-refractivity contribution in [3.05, 3.63) is 29.3 Å². The van der Waals surface area contributed by atoms with Crippen LogP contribution in [0.25, 0.3) is 0 Å². The Kier molecular flexibility index (Phi) is 4.80. The average molecular weight is 299 g/mol. The Labute approximate surface area is 120 Å². The van der Waals surface area contributed by atoms with Crippen LogP contribution in [0.1, 0.15) is 17.5 Å². The van der Waals surface area contributed by atoms with E-state index < -0.39 is 10.0 Å². The molecule has 20 heavy (non-hydrogen) atoms. The van der Waals surface area contributed by atoms with Crippen LogP contribution >= 0.6 is 0 Å². The maximum Gasteiger partial charge on any atom is 0.243 e. The largest absolute Gasteiger partial charge is 0.392 e. The lowest BCUT2D eigenvalue weighted by molar-refractivity contribution is 0.157. The van der Waals surface area contributed by atoms with Crippen molar-refractivity contribution >= 4 is 10.0 Å². The molecule has 1 aromatic rings. The van der Waals surface area contributed by atoms with Crippen molar-refractivity contribution < 1.29 is 18.3 Å². The molecule has 1 saturated heterocycles. The molecule has 2 rings (SSSR count). The highest BCUT2D eigenvalue weighted by atomic mass is 32.2. The van der Waals surface area contributed by atoms with Gasteiger partial charge in [0.25, 0.3) is 0 Å². The summed E-state index contributed by atoms with van der Waals surface area (Å²) in [4.78, 5) is 0.294. The maximum absolute atomic E-state index is 12.7. The first-order valence-electron chi connectivity index (χ1n) is 6.69. The van der Waals surface area contributed by atoms with Crippen LogP contribution in [0.15, 0.2) is 23.1 Å². The van der Waals surface area contributed by atoms with Gasteiger partial charge in [-0.25, -0.2) is 8.42 Å². The molecule has 112 valence electrons. The van der Waals surface area contributed by atoms with E-state index in [0.29, 0.717) is 35.7 Å². The molecule has 1 unspecified atom stereocenters. The Balaban J connectivity index is 2.28. The van der Waals surface area contributed by atoms with Crippen molar-refractivity contribution in [2.45, 2.75) is 24.8 Å². The first kappa shape index (κ1) is 15.4. The third-order valence-corrected chi connectivity index (χ3v) is 5.84. The summed E-state index contributed by atoms with van der Waals surface area (Å²) in [6.45, 7) is 3.20. The molecule has 0 radical (unpaired) electrons. The normalized spacial score (nSPS) is 20.4. The van der Waals surface area contributed by atoms with Gasteiger partial charge in [0.15, 0.2) is 0 Å². The van der Waals surface area contributed by atoms with Crippen LogP contribution in [0.4, 0.5) is 0 Å². The Bertz CT molecular complexity index is 571. The molecule has 1 aliphatic heterocycles. The highest BCUT2D eigenvalue weighted by Gasteiger charge is 2.33. The van der Waals surface area contributed by atoms with Crippen molar-refractivity contribution in [3.63, 3.8) is 0 Å². The zero-order valence-corrected chi connectivity index (χ0v) is 12.7. The minimum atomic E-state index is -3.49. The topological polar surface area (TPSA) is 66.8 Å². The molecule has 5 nitrogen and oxygen atoms in total. The lowest BCUT2D eigenvalue weighted by atomic mass is 10.1. The predicted molar refractivity (Wildman–Crippen MR) is 75.8 cm³/mol. The molecule has 0 bridgehead atoms. The first-order chi connectivity index (χ1) is 9.50. The van der Waals surface area contributed by atoms with Crippen LogP contribution in [-0.2, 0) is 21.4 Å². The van der Waals surface area contributed by atoms with Crippen LogP contribution < -0.4 is 0 Å². The number of methoxy groups -OCH3 is 1. The van der Waals surface area contributed by atoms with Gasteiger partial charge in [-0.3, -0.25) is 0 Å². The van der Waals surface area contributed by atoms with Gasteiger partial charge in [0.05, 0.1) is 18.1 Å². The van der Waals surface area contributed by atoms with E-state index in [0.717, 1.165) is 6.42 Å². The lowest BCUT2D eigenvalue weighted by Gasteiger charge is -2.19. The highest BCUT2D eigenvalue weighted by molar-refractivity contribution is 7.89. The Morgan fingerprint density at radius 3 is 2.85 bits per heavy atom. The molecule has 1 heterocycles. The maximum atomic E-state index is 12.7. The molecule has 0 spiro atoms. The SMILES string of the molecule is COCC1CCN(S(=O)(=O)c2cccc(CO)c2C)C1. The van der Waals surface area contributed by atoms with E-state index in [2.05, 4.69) is 0 Å². The Morgan fingerprint density at radius 2 is 2.20 bits per heavy atom. The molecule has 1 aromatic carbocycles. The Hall–Kier alpha value is -0.950. The minimum Gasteiger partial charge on any atom is -0.392 e. The van der Waals surface area contributed by atoms with Crippen LogP contribution in [-0.4, -0.2) is 44.6 Å². The second-order valence-electron chi connectivity index (χ2n) is 5.17. The molecule has 1 atom stereocenters. The summed E-state index contributed by atoms with van der Waals surface area (Å²) in [6.07, 6.45) is 0.825. The van der Waals surface area contributed by atoms with E-state index in [-0.39, 0.29) is 12.5 Å². The summed E-state index contributed by atoms with van der Waals surface area (Å²) in [6, 6.07) is 5.02. The summed E-state index contributed by atoms with van der Waals surface area (Å²) >= 11 is 0. The van der Waals surface area contributed by atoms with Crippen LogP contribution in [0.5, 0.6) is 0 Å². The van der Waals surface area contributed by atoms with E-state index in [9.17, 15) is 13.5 Å². The van der Waals surface area contributed by atoms with Crippen molar-refractivity contribution in [1.29, 1.82) is 0 Å². The quantitative estimate of drug-likeness (QED) is 0.885. The van der Waals surface area contributed by atoms with Crippen LogP contribution in [0, 0.1) is 12.8 Å². The molecule has 6 heteroatoms. The molecule has 0 amide bonds. The molecular weight excluding hydrogens is 278 g/mol. The van der Waals surface area contributed by atoms with Gasteiger partial charge < -0.3 is 9.84 Å². The fourth-order valence-electron chi connectivity index (χ4n) is 2.64. The smallest absolute Gasteiger partial charge is 0.243 e. The fraction of sp³-hybridized carbons (Fsp3) is 0.571. The highest BCUT2D eigenvalue weighted by Crippen LogP contribution is 2.27. The number of hydrogen-bond acceptors (Lipinski definition) is 4. The lowest BCUT2D eigenvalue weighted by Crippen LogP contribution is -2.30. The number of benzene rings is 1. The van der Waals surface area contributed by atoms with Gasteiger partial charge in [-0.05, 0) is 36.5 Å². The van der Waals surface area contributed by atoms with Crippen molar-refractivity contribution in [1.82, 2.24) is 4.31 Å². The second-order valence-corrected chi connectivity index (χ2v) is 7.08. The predicted octanol–water partition coefficient (Wildman–Crippen LogP) is 1.14. The Morgan fingerprint density at radius 1 is 1.45 bits per heavy atom. The van der Waals surface area contributed by atoms with Gasteiger partial charge >= 0.3 is 0 Å². The number of rotatable bonds is 5. The molecule has 1 N–H and O–H groups in total. The van der Waals surface area contributed by atoms with Gasteiger partial charge in [0.2, 0.25) is 10.0 Å².